The van der Waals surface area contributed by atoms with E-state index >= 15 is 0 Å². The first-order chi connectivity index (χ1) is 10.6. The standard InChI is InChI=1S/C17H15ClN2O2/c18-14-8-6-13(7-9-14)16(21)12-17(22)20-11-3-5-15-4-1-2-10-19-15/h1-2,4,6-10,16,21H,11-12H2,(H,20,22). The number of rotatable bonds is 4. The van der Waals surface area contributed by atoms with Gasteiger partial charge in [0.2, 0.25) is 5.91 Å². The van der Waals surface area contributed by atoms with Gasteiger partial charge < -0.3 is 10.4 Å². The number of aliphatic hydroxyl groups excluding tert-OH is 1. The molecule has 0 bridgehead atoms. The molecule has 22 heavy (non-hydrogen) atoms. The van der Waals surface area contributed by atoms with Crippen molar-refractivity contribution in [2.45, 2.75) is 12.5 Å². The largest absolute Gasteiger partial charge is 0.388 e. The average Bonchev–Trinajstić information content (AvgIpc) is 2.53. The number of aromatic nitrogens is 1. The van der Waals surface area contributed by atoms with Crippen LogP contribution in [0.3, 0.4) is 0 Å². The first-order valence-corrected chi connectivity index (χ1v) is 7.13. The molecule has 0 fully saturated rings. The third kappa shape index (κ3) is 5.21. The summed E-state index contributed by atoms with van der Waals surface area (Å²) in [4.78, 5) is 15.8. The van der Waals surface area contributed by atoms with E-state index in [0.29, 0.717) is 16.3 Å². The number of amides is 1. The maximum atomic E-state index is 11.7. The quantitative estimate of drug-likeness (QED) is 0.851. The number of nitrogens with zero attached hydrogens (tertiary/aromatic N) is 1. The van der Waals surface area contributed by atoms with Crippen molar-refractivity contribution in [3.8, 4) is 11.8 Å². The molecule has 5 heteroatoms. The van der Waals surface area contributed by atoms with Gasteiger partial charge in [0, 0.05) is 11.2 Å². The minimum Gasteiger partial charge on any atom is -0.388 e. The maximum Gasteiger partial charge on any atom is 0.223 e. The van der Waals surface area contributed by atoms with Crippen LogP contribution in [0.2, 0.25) is 5.02 Å². The smallest absolute Gasteiger partial charge is 0.223 e. The van der Waals surface area contributed by atoms with Crippen LogP contribution in [-0.2, 0) is 4.79 Å². The zero-order chi connectivity index (χ0) is 15.8. The van der Waals surface area contributed by atoms with Gasteiger partial charge in [0.15, 0.2) is 0 Å². The summed E-state index contributed by atoms with van der Waals surface area (Å²) in [6.45, 7) is 0.211. The highest BCUT2D eigenvalue weighted by atomic mass is 35.5. The van der Waals surface area contributed by atoms with Crippen molar-refractivity contribution >= 4 is 17.5 Å². The monoisotopic (exact) mass is 314 g/mol. The summed E-state index contributed by atoms with van der Waals surface area (Å²) in [5.74, 6) is 5.38. The zero-order valence-corrected chi connectivity index (χ0v) is 12.5. The van der Waals surface area contributed by atoms with Crippen molar-refractivity contribution in [2.24, 2.45) is 0 Å². The van der Waals surface area contributed by atoms with Crippen molar-refractivity contribution in [3.63, 3.8) is 0 Å². The Morgan fingerprint density at radius 2 is 2.05 bits per heavy atom. The van der Waals surface area contributed by atoms with Gasteiger partial charge in [0.1, 0.15) is 5.69 Å². The van der Waals surface area contributed by atoms with Gasteiger partial charge in [-0.15, -0.1) is 0 Å². The van der Waals surface area contributed by atoms with E-state index < -0.39 is 6.10 Å². The van der Waals surface area contributed by atoms with E-state index in [-0.39, 0.29) is 18.9 Å². The Hall–Kier alpha value is -2.35. The number of hydrogen-bond acceptors (Lipinski definition) is 3. The molecule has 0 aliphatic rings. The molecule has 1 amide bonds. The van der Waals surface area contributed by atoms with Gasteiger partial charge in [-0.2, -0.15) is 0 Å². The van der Waals surface area contributed by atoms with Crippen molar-refractivity contribution in [1.29, 1.82) is 0 Å². The summed E-state index contributed by atoms with van der Waals surface area (Å²) >= 11 is 5.78. The Morgan fingerprint density at radius 1 is 1.27 bits per heavy atom. The number of halogens is 1. The van der Waals surface area contributed by atoms with E-state index in [4.69, 9.17) is 11.6 Å². The number of pyridine rings is 1. The molecule has 112 valence electrons. The lowest BCUT2D eigenvalue weighted by atomic mass is 10.1. The Labute approximate surface area is 134 Å². The van der Waals surface area contributed by atoms with Gasteiger partial charge >= 0.3 is 0 Å². The molecule has 0 aliphatic carbocycles. The van der Waals surface area contributed by atoms with Gasteiger partial charge in [-0.3, -0.25) is 4.79 Å². The van der Waals surface area contributed by atoms with E-state index in [2.05, 4.69) is 22.1 Å². The first kappa shape index (κ1) is 16.0. The molecule has 2 aromatic rings. The van der Waals surface area contributed by atoms with Crippen LogP contribution in [0.25, 0.3) is 0 Å². The number of carbonyl (C=O) groups excluding carboxylic acids is 1. The third-order valence-corrected chi connectivity index (χ3v) is 3.14. The van der Waals surface area contributed by atoms with Gasteiger partial charge in [-0.1, -0.05) is 35.7 Å². The Balaban J connectivity index is 1.78. The van der Waals surface area contributed by atoms with Crippen molar-refractivity contribution in [1.82, 2.24) is 10.3 Å². The molecule has 0 saturated heterocycles. The molecule has 0 spiro atoms. The predicted octanol–water partition coefficient (Wildman–Crippen LogP) is 2.33. The molecule has 2 rings (SSSR count). The van der Waals surface area contributed by atoms with Crippen LogP contribution < -0.4 is 5.32 Å². The molecule has 1 atom stereocenters. The Kier molecular flexibility index (Phi) is 5.96. The maximum absolute atomic E-state index is 11.7. The summed E-state index contributed by atoms with van der Waals surface area (Å²) in [6.07, 6.45) is 0.777. The summed E-state index contributed by atoms with van der Waals surface area (Å²) in [6, 6.07) is 12.2. The molecule has 1 unspecified atom stereocenters. The number of nitrogens with one attached hydrogen (secondary N) is 1. The van der Waals surface area contributed by atoms with Crippen LogP contribution >= 0.6 is 11.6 Å². The fourth-order valence-electron chi connectivity index (χ4n) is 1.76. The second-order valence-electron chi connectivity index (χ2n) is 4.56. The molecule has 4 nitrogen and oxygen atoms in total. The number of carbonyl (C=O) groups is 1. The van der Waals surface area contributed by atoms with Crippen molar-refractivity contribution < 1.29 is 9.90 Å². The zero-order valence-electron chi connectivity index (χ0n) is 11.8. The lowest BCUT2D eigenvalue weighted by molar-refractivity contribution is -0.122. The fourth-order valence-corrected chi connectivity index (χ4v) is 1.89. The molecule has 0 aliphatic heterocycles. The molecule has 1 aromatic carbocycles. The van der Waals surface area contributed by atoms with E-state index in [1.165, 1.54) is 0 Å². The van der Waals surface area contributed by atoms with Crippen molar-refractivity contribution in [3.05, 3.63) is 64.9 Å². The summed E-state index contributed by atoms with van der Waals surface area (Å²) in [5.41, 5.74) is 1.30. The topological polar surface area (TPSA) is 62.2 Å². The minimum atomic E-state index is -0.860. The molecule has 0 saturated carbocycles. The van der Waals surface area contributed by atoms with Gasteiger partial charge in [0.05, 0.1) is 19.1 Å². The normalized spacial score (nSPS) is 11.2. The lowest BCUT2D eigenvalue weighted by Crippen LogP contribution is -2.25. The lowest BCUT2D eigenvalue weighted by Gasteiger charge is -2.10. The molecule has 0 radical (unpaired) electrons. The predicted molar refractivity (Wildman–Crippen MR) is 85.2 cm³/mol. The van der Waals surface area contributed by atoms with Crippen LogP contribution in [0.5, 0.6) is 0 Å². The average molecular weight is 315 g/mol. The molecule has 2 N–H and O–H groups in total. The molecular weight excluding hydrogens is 300 g/mol. The molecule has 1 heterocycles. The van der Waals surface area contributed by atoms with Crippen LogP contribution in [-0.4, -0.2) is 22.5 Å². The Morgan fingerprint density at radius 3 is 2.73 bits per heavy atom. The highest BCUT2D eigenvalue weighted by Gasteiger charge is 2.12. The SMILES string of the molecule is O=C(CC(O)c1ccc(Cl)cc1)NCC#Cc1ccccn1. The number of hydrogen-bond donors (Lipinski definition) is 2. The van der Waals surface area contributed by atoms with Crippen molar-refractivity contribution in [2.75, 3.05) is 6.54 Å². The van der Waals surface area contributed by atoms with E-state index in [1.807, 2.05) is 12.1 Å². The Bertz CT molecular complexity index is 675. The van der Waals surface area contributed by atoms with Gasteiger partial charge in [-0.05, 0) is 35.7 Å². The fraction of sp³-hybridized carbons (Fsp3) is 0.176. The van der Waals surface area contributed by atoms with Gasteiger partial charge in [-0.25, -0.2) is 4.98 Å². The minimum absolute atomic E-state index is 0.0209. The number of benzene rings is 1. The van der Waals surface area contributed by atoms with Gasteiger partial charge in [0.25, 0.3) is 0 Å². The highest BCUT2D eigenvalue weighted by Crippen LogP contribution is 2.18. The summed E-state index contributed by atoms with van der Waals surface area (Å²) < 4.78 is 0. The van der Waals surface area contributed by atoms with Crippen LogP contribution in [0.1, 0.15) is 23.8 Å². The molecular formula is C17H15ClN2O2. The molecule has 1 aromatic heterocycles. The van der Waals surface area contributed by atoms with E-state index in [1.54, 1.807) is 36.5 Å². The summed E-state index contributed by atoms with van der Waals surface area (Å²) in [5, 5.41) is 13.2. The first-order valence-electron chi connectivity index (χ1n) is 6.75. The van der Waals surface area contributed by atoms with Crippen LogP contribution in [0, 0.1) is 11.8 Å². The van der Waals surface area contributed by atoms with E-state index in [9.17, 15) is 9.90 Å². The third-order valence-electron chi connectivity index (χ3n) is 2.89. The number of aliphatic hydroxyl groups is 1. The second kappa shape index (κ2) is 8.18. The van der Waals surface area contributed by atoms with Crippen LogP contribution in [0.4, 0.5) is 0 Å². The second-order valence-corrected chi connectivity index (χ2v) is 5.00. The van der Waals surface area contributed by atoms with Crippen LogP contribution in [0.15, 0.2) is 48.7 Å². The highest BCUT2D eigenvalue weighted by molar-refractivity contribution is 6.30. The summed E-state index contributed by atoms with van der Waals surface area (Å²) in [7, 11) is 0. The van der Waals surface area contributed by atoms with E-state index in [0.717, 1.165) is 0 Å².